The zero-order valence-electron chi connectivity index (χ0n) is 12.2. The molecule has 0 radical (unpaired) electrons. The van der Waals surface area contributed by atoms with Crippen molar-refractivity contribution in [1.82, 2.24) is 5.32 Å². The minimum Gasteiger partial charge on any atom is -0.296 e. The van der Waals surface area contributed by atoms with E-state index in [-0.39, 0.29) is 29.6 Å². The Kier molecular flexibility index (Phi) is 2.03. The molecule has 0 unspecified atom stereocenters. The zero-order valence-corrected chi connectivity index (χ0v) is 12.2. The minimum absolute atomic E-state index is 0.0196. The van der Waals surface area contributed by atoms with Crippen LogP contribution in [0.15, 0.2) is 48.5 Å². The standard InChI is InChI=1S/C19H15NO2/c1-19-15-12-8-4-2-6-10(12)14(11-7-3-5-9-13(11)15)16(19)17(21)20-18(19)22/h2-9,14-16H,1H3,(H,20,21,22)/t14?,15?,16-,19+/m1/s1. The summed E-state index contributed by atoms with van der Waals surface area (Å²) >= 11 is 0. The summed E-state index contributed by atoms with van der Waals surface area (Å²) in [5.74, 6) is -0.599. The van der Waals surface area contributed by atoms with E-state index in [0.29, 0.717) is 0 Å². The van der Waals surface area contributed by atoms with Crippen molar-refractivity contribution in [3.05, 3.63) is 70.8 Å². The fourth-order valence-electron chi connectivity index (χ4n) is 5.00. The van der Waals surface area contributed by atoms with Gasteiger partial charge < -0.3 is 0 Å². The van der Waals surface area contributed by atoms with E-state index in [4.69, 9.17) is 0 Å². The third-order valence-electron chi connectivity index (χ3n) is 5.87. The molecule has 1 fully saturated rings. The number of carbonyl (C=O) groups excluding carboxylic acids is 2. The molecule has 1 aliphatic heterocycles. The van der Waals surface area contributed by atoms with E-state index in [0.717, 1.165) is 0 Å². The Morgan fingerprint density at radius 2 is 1.36 bits per heavy atom. The number of hydrogen-bond donors (Lipinski definition) is 1. The van der Waals surface area contributed by atoms with Crippen molar-refractivity contribution in [1.29, 1.82) is 0 Å². The predicted molar refractivity (Wildman–Crippen MR) is 81.3 cm³/mol. The normalized spacial score (nSPS) is 34.0. The second kappa shape index (κ2) is 3.67. The molecule has 6 rings (SSSR count). The van der Waals surface area contributed by atoms with E-state index in [1.807, 2.05) is 31.2 Å². The minimum atomic E-state index is -0.676. The summed E-state index contributed by atoms with van der Waals surface area (Å²) in [5.41, 5.74) is 4.14. The van der Waals surface area contributed by atoms with E-state index < -0.39 is 5.41 Å². The smallest absolute Gasteiger partial charge is 0.234 e. The summed E-state index contributed by atoms with van der Waals surface area (Å²) in [7, 11) is 0. The van der Waals surface area contributed by atoms with E-state index >= 15 is 0 Å². The molecule has 1 N–H and O–H groups in total. The summed E-state index contributed by atoms with van der Waals surface area (Å²) < 4.78 is 0. The highest BCUT2D eigenvalue weighted by molar-refractivity contribution is 6.09. The number of nitrogens with one attached hydrogen (secondary N) is 1. The van der Waals surface area contributed by atoms with Crippen molar-refractivity contribution in [3.63, 3.8) is 0 Å². The van der Waals surface area contributed by atoms with E-state index in [9.17, 15) is 9.59 Å². The average Bonchev–Trinajstić information content (AvgIpc) is 2.77. The maximum absolute atomic E-state index is 12.6. The monoisotopic (exact) mass is 289 g/mol. The Bertz CT molecular complexity index is 809. The van der Waals surface area contributed by atoms with Gasteiger partial charge in [0.2, 0.25) is 11.8 Å². The molecule has 108 valence electrons. The highest BCUT2D eigenvalue weighted by Crippen LogP contribution is 2.65. The molecule has 22 heavy (non-hydrogen) atoms. The lowest BCUT2D eigenvalue weighted by Gasteiger charge is -2.51. The molecule has 3 heteroatoms. The summed E-state index contributed by atoms with van der Waals surface area (Å²) in [6, 6.07) is 16.5. The van der Waals surface area contributed by atoms with Crippen LogP contribution in [0.1, 0.15) is 41.0 Å². The first-order valence-corrected chi connectivity index (χ1v) is 7.67. The Morgan fingerprint density at radius 1 is 0.864 bits per heavy atom. The van der Waals surface area contributed by atoms with Crippen LogP contribution in [-0.4, -0.2) is 11.8 Å². The second-order valence-electron chi connectivity index (χ2n) is 6.75. The average molecular weight is 289 g/mol. The third kappa shape index (κ3) is 1.12. The lowest BCUT2D eigenvalue weighted by molar-refractivity contribution is -0.129. The highest BCUT2D eigenvalue weighted by atomic mass is 16.2. The predicted octanol–water partition coefficient (Wildman–Crippen LogP) is 2.56. The van der Waals surface area contributed by atoms with Crippen LogP contribution in [0, 0.1) is 11.3 Å². The van der Waals surface area contributed by atoms with Gasteiger partial charge in [-0.15, -0.1) is 0 Å². The largest absolute Gasteiger partial charge is 0.296 e. The fraction of sp³-hybridized carbons (Fsp3) is 0.263. The Hall–Kier alpha value is -2.42. The summed E-state index contributed by atoms with van der Waals surface area (Å²) in [6.07, 6.45) is 0. The van der Waals surface area contributed by atoms with Crippen molar-refractivity contribution < 1.29 is 9.59 Å². The topological polar surface area (TPSA) is 46.2 Å². The van der Waals surface area contributed by atoms with Crippen LogP contribution in [0.2, 0.25) is 0 Å². The van der Waals surface area contributed by atoms with Gasteiger partial charge in [-0.05, 0) is 29.2 Å². The van der Waals surface area contributed by atoms with Crippen molar-refractivity contribution in [3.8, 4) is 0 Å². The van der Waals surface area contributed by atoms with Gasteiger partial charge in [-0.1, -0.05) is 48.5 Å². The molecular formula is C19H15NO2. The van der Waals surface area contributed by atoms with Gasteiger partial charge in [0.05, 0.1) is 11.3 Å². The number of hydrogen-bond acceptors (Lipinski definition) is 2. The molecule has 0 spiro atoms. The van der Waals surface area contributed by atoms with Gasteiger partial charge in [0.15, 0.2) is 0 Å². The maximum atomic E-state index is 12.6. The van der Waals surface area contributed by atoms with Gasteiger partial charge in [-0.2, -0.15) is 0 Å². The molecule has 2 aromatic carbocycles. The lowest BCUT2D eigenvalue weighted by Crippen LogP contribution is -2.49. The van der Waals surface area contributed by atoms with Crippen LogP contribution in [0.3, 0.4) is 0 Å². The molecule has 0 saturated carbocycles. The van der Waals surface area contributed by atoms with E-state index in [1.54, 1.807) is 0 Å². The Morgan fingerprint density at radius 3 is 1.91 bits per heavy atom. The zero-order chi connectivity index (χ0) is 15.1. The Labute approximate surface area is 128 Å². The molecule has 1 saturated heterocycles. The van der Waals surface area contributed by atoms with Crippen molar-refractivity contribution in [2.24, 2.45) is 11.3 Å². The van der Waals surface area contributed by atoms with Crippen molar-refractivity contribution in [2.45, 2.75) is 18.8 Å². The summed E-state index contributed by atoms with van der Waals surface area (Å²) in [5, 5.41) is 2.59. The quantitative estimate of drug-likeness (QED) is 0.758. The Balaban J connectivity index is 1.92. The number of benzene rings is 2. The van der Waals surface area contributed by atoms with Crippen LogP contribution in [0.5, 0.6) is 0 Å². The lowest BCUT2D eigenvalue weighted by atomic mass is 9.48. The molecule has 0 aromatic heterocycles. The van der Waals surface area contributed by atoms with E-state index in [1.165, 1.54) is 22.3 Å². The maximum Gasteiger partial charge on any atom is 0.234 e. The molecule has 3 nitrogen and oxygen atoms in total. The van der Waals surface area contributed by atoms with Crippen LogP contribution in [0.4, 0.5) is 0 Å². The van der Waals surface area contributed by atoms with Crippen LogP contribution in [0.25, 0.3) is 0 Å². The fourth-order valence-corrected chi connectivity index (χ4v) is 5.00. The van der Waals surface area contributed by atoms with Crippen LogP contribution >= 0.6 is 0 Å². The first-order chi connectivity index (χ1) is 10.6. The van der Waals surface area contributed by atoms with Crippen molar-refractivity contribution >= 4 is 11.8 Å². The number of carbonyl (C=O) groups is 2. The van der Waals surface area contributed by atoms with Gasteiger partial charge >= 0.3 is 0 Å². The summed E-state index contributed by atoms with van der Waals surface area (Å²) in [6.45, 7) is 1.96. The molecule has 2 bridgehead atoms. The molecule has 1 heterocycles. The molecule has 4 aliphatic rings. The molecule has 2 atom stereocenters. The molecule has 2 amide bonds. The third-order valence-corrected chi connectivity index (χ3v) is 5.87. The first-order valence-electron chi connectivity index (χ1n) is 7.67. The van der Waals surface area contributed by atoms with Crippen molar-refractivity contribution in [2.75, 3.05) is 0 Å². The van der Waals surface area contributed by atoms with Gasteiger partial charge in [0.25, 0.3) is 0 Å². The number of rotatable bonds is 0. The summed E-state index contributed by atoms with van der Waals surface area (Å²) in [4.78, 5) is 25.1. The van der Waals surface area contributed by atoms with Crippen LogP contribution in [-0.2, 0) is 9.59 Å². The highest BCUT2D eigenvalue weighted by Gasteiger charge is 2.66. The van der Waals surface area contributed by atoms with Gasteiger partial charge in [-0.25, -0.2) is 0 Å². The molecule has 3 aliphatic carbocycles. The van der Waals surface area contributed by atoms with Gasteiger partial charge in [0, 0.05) is 11.8 Å². The molecular weight excluding hydrogens is 274 g/mol. The second-order valence-corrected chi connectivity index (χ2v) is 6.75. The number of imide groups is 1. The first kappa shape index (κ1) is 12.2. The SMILES string of the molecule is C[C@@]12C(=O)NC(=O)[C@H]1C1c3ccccc3C2c2ccccc21. The molecule has 2 aromatic rings. The van der Waals surface area contributed by atoms with Crippen LogP contribution < -0.4 is 5.32 Å². The number of amides is 2. The van der Waals surface area contributed by atoms with Gasteiger partial charge in [0.1, 0.15) is 0 Å². The van der Waals surface area contributed by atoms with E-state index in [2.05, 4.69) is 29.6 Å². The van der Waals surface area contributed by atoms with Gasteiger partial charge in [-0.3, -0.25) is 14.9 Å².